The van der Waals surface area contributed by atoms with Gasteiger partial charge in [-0.15, -0.1) is 11.8 Å². The van der Waals surface area contributed by atoms with Gasteiger partial charge in [0.1, 0.15) is 5.25 Å². The summed E-state index contributed by atoms with van der Waals surface area (Å²) in [6.45, 7) is 0. The van der Waals surface area contributed by atoms with Crippen molar-refractivity contribution in [2.24, 2.45) is 0 Å². The number of fused-ring (bicyclic) bond motifs is 1. The van der Waals surface area contributed by atoms with Gasteiger partial charge < -0.3 is 10.6 Å². The number of amides is 2. The number of hydrogen-bond donors (Lipinski definition) is 2. The predicted octanol–water partition coefficient (Wildman–Crippen LogP) is 7.42. The van der Waals surface area contributed by atoms with Crippen LogP contribution in [-0.2, 0) is 9.59 Å². The van der Waals surface area contributed by atoms with Crippen LogP contribution in [0, 0.1) is 0 Å². The van der Waals surface area contributed by atoms with Crippen molar-refractivity contribution in [3.8, 4) is 0 Å². The summed E-state index contributed by atoms with van der Waals surface area (Å²) >= 11 is 2.87. The quantitative estimate of drug-likeness (QED) is 0.165. The highest BCUT2D eigenvalue weighted by molar-refractivity contribution is 8.00. The van der Waals surface area contributed by atoms with E-state index in [9.17, 15) is 9.59 Å². The molecule has 4 aromatic carbocycles. The molecule has 0 radical (unpaired) electrons. The number of nitrogens with one attached hydrogen (secondary N) is 2. The van der Waals surface area contributed by atoms with Gasteiger partial charge in [0.05, 0.1) is 10.2 Å². The predicted molar refractivity (Wildman–Crippen MR) is 154 cm³/mol. The number of para-hydroxylation sites is 1. The maximum Gasteiger partial charge on any atom is 0.248 e. The fraction of sp³-hybridized carbons (Fsp3) is 0.0333. The van der Waals surface area contributed by atoms with E-state index in [0.717, 1.165) is 26.2 Å². The van der Waals surface area contributed by atoms with E-state index in [4.69, 9.17) is 0 Å². The van der Waals surface area contributed by atoms with Crippen molar-refractivity contribution < 1.29 is 9.59 Å². The van der Waals surface area contributed by atoms with E-state index in [1.54, 1.807) is 6.08 Å². The number of hydrogen-bond acceptors (Lipinski definition) is 5. The van der Waals surface area contributed by atoms with Crippen molar-refractivity contribution >= 4 is 62.0 Å². The van der Waals surface area contributed by atoms with Crippen molar-refractivity contribution in [3.05, 3.63) is 126 Å². The molecule has 1 heterocycles. The van der Waals surface area contributed by atoms with Crippen LogP contribution in [0.25, 0.3) is 16.3 Å². The standard InChI is InChI=1S/C30H23N3O2S2/c34-27(19-18-21-10-3-1-4-11-21)31-23-14-9-15-24(20-23)36-28(22-12-5-2-6-13-22)29(35)33-30-32-25-16-7-8-17-26(25)37-30/h1-20,28H,(H,31,34)(H,32,33,35)/b19-18+. The molecule has 0 saturated heterocycles. The highest BCUT2D eigenvalue weighted by Gasteiger charge is 2.23. The highest BCUT2D eigenvalue weighted by atomic mass is 32.2. The molecule has 0 bridgehead atoms. The van der Waals surface area contributed by atoms with E-state index in [0.29, 0.717) is 10.8 Å². The van der Waals surface area contributed by atoms with Gasteiger partial charge in [-0.05, 0) is 47.5 Å². The summed E-state index contributed by atoms with van der Waals surface area (Å²) in [5.41, 5.74) is 3.35. The van der Waals surface area contributed by atoms with E-state index < -0.39 is 5.25 Å². The molecule has 0 saturated carbocycles. The molecule has 5 aromatic rings. The zero-order chi connectivity index (χ0) is 25.5. The second-order valence-corrected chi connectivity index (χ2v) is 10.4. The lowest BCUT2D eigenvalue weighted by Gasteiger charge is -2.16. The van der Waals surface area contributed by atoms with Crippen molar-refractivity contribution in [2.45, 2.75) is 10.1 Å². The Balaban J connectivity index is 1.32. The molecule has 7 heteroatoms. The number of carbonyl (C=O) groups is 2. The molecule has 37 heavy (non-hydrogen) atoms. The van der Waals surface area contributed by atoms with Gasteiger partial charge in [-0.25, -0.2) is 4.98 Å². The summed E-state index contributed by atoms with van der Waals surface area (Å²) < 4.78 is 1.02. The van der Waals surface area contributed by atoms with Crippen LogP contribution in [0.15, 0.2) is 120 Å². The van der Waals surface area contributed by atoms with E-state index in [1.165, 1.54) is 29.2 Å². The lowest BCUT2D eigenvalue weighted by Crippen LogP contribution is -2.19. The molecular formula is C30H23N3O2S2. The topological polar surface area (TPSA) is 71.1 Å². The first-order valence-corrected chi connectivity index (χ1v) is 13.4. The third kappa shape index (κ3) is 6.52. The summed E-state index contributed by atoms with van der Waals surface area (Å²) in [5, 5.41) is 5.97. The second-order valence-electron chi connectivity index (χ2n) is 8.15. The van der Waals surface area contributed by atoms with E-state index in [-0.39, 0.29) is 11.8 Å². The average Bonchev–Trinajstić information content (AvgIpc) is 3.34. The van der Waals surface area contributed by atoms with Crippen LogP contribution >= 0.6 is 23.1 Å². The molecule has 182 valence electrons. The number of anilines is 2. The first kappa shape index (κ1) is 24.5. The van der Waals surface area contributed by atoms with E-state index >= 15 is 0 Å². The van der Waals surface area contributed by atoms with Gasteiger partial charge in [0.2, 0.25) is 11.8 Å². The van der Waals surface area contributed by atoms with Gasteiger partial charge in [-0.1, -0.05) is 90.2 Å². The smallest absolute Gasteiger partial charge is 0.248 e. The monoisotopic (exact) mass is 521 g/mol. The highest BCUT2D eigenvalue weighted by Crippen LogP contribution is 2.38. The molecule has 1 atom stereocenters. The zero-order valence-corrected chi connectivity index (χ0v) is 21.3. The van der Waals surface area contributed by atoms with Crippen LogP contribution < -0.4 is 10.6 Å². The number of carbonyl (C=O) groups excluding carboxylic acids is 2. The molecule has 0 aliphatic rings. The van der Waals surface area contributed by atoms with Crippen LogP contribution in [0.5, 0.6) is 0 Å². The molecule has 0 spiro atoms. The molecular weight excluding hydrogens is 498 g/mol. The summed E-state index contributed by atoms with van der Waals surface area (Å²) in [6, 6.07) is 34.6. The Labute approximate surface area is 223 Å². The summed E-state index contributed by atoms with van der Waals surface area (Å²) in [7, 11) is 0. The normalized spacial score (nSPS) is 11.9. The van der Waals surface area contributed by atoms with Crippen LogP contribution in [0.3, 0.4) is 0 Å². The van der Waals surface area contributed by atoms with Crippen LogP contribution in [0.2, 0.25) is 0 Å². The Morgan fingerprint density at radius 1 is 0.811 bits per heavy atom. The van der Waals surface area contributed by atoms with Gasteiger partial charge >= 0.3 is 0 Å². The summed E-state index contributed by atoms with van der Waals surface area (Å²) in [4.78, 5) is 31.3. The van der Waals surface area contributed by atoms with Crippen molar-refractivity contribution in [2.75, 3.05) is 10.6 Å². The fourth-order valence-corrected chi connectivity index (χ4v) is 5.65. The summed E-state index contributed by atoms with van der Waals surface area (Å²) in [6.07, 6.45) is 3.28. The van der Waals surface area contributed by atoms with Gasteiger partial charge in [0.25, 0.3) is 0 Å². The molecule has 2 N–H and O–H groups in total. The molecule has 1 aromatic heterocycles. The lowest BCUT2D eigenvalue weighted by molar-refractivity contribution is -0.116. The van der Waals surface area contributed by atoms with Gasteiger partial charge in [-0.2, -0.15) is 0 Å². The molecule has 0 fully saturated rings. The number of benzene rings is 4. The third-order valence-electron chi connectivity index (χ3n) is 5.45. The molecule has 5 nitrogen and oxygen atoms in total. The number of rotatable bonds is 8. The first-order chi connectivity index (χ1) is 18.1. The SMILES string of the molecule is O=C(/C=C/c1ccccc1)Nc1cccc(SC(C(=O)Nc2nc3ccccc3s2)c2ccccc2)c1. The minimum Gasteiger partial charge on any atom is -0.322 e. The second kappa shape index (κ2) is 11.7. The molecule has 0 aliphatic heterocycles. The zero-order valence-electron chi connectivity index (χ0n) is 19.7. The van der Waals surface area contributed by atoms with E-state index in [2.05, 4.69) is 15.6 Å². The number of aromatic nitrogens is 1. The Hall–Kier alpha value is -4.20. The van der Waals surface area contributed by atoms with Crippen molar-refractivity contribution in [1.82, 2.24) is 4.98 Å². The van der Waals surface area contributed by atoms with Crippen LogP contribution in [0.4, 0.5) is 10.8 Å². The lowest BCUT2D eigenvalue weighted by atomic mass is 10.1. The number of thiazole rings is 1. The summed E-state index contributed by atoms with van der Waals surface area (Å²) in [5.74, 6) is -0.380. The Morgan fingerprint density at radius 3 is 2.32 bits per heavy atom. The fourth-order valence-electron chi connectivity index (χ4n) is 3.70. The minimum atomic E-state index is -0.503. The third-order valence-corrected chi connectivity index (χ3v) is 7.65. The molecule has 2 amide bonds. The molecule has 5 rings (SSSR count). The largest absolute Gasteiger partial charge is 0.322 e. The van der Waals surface area contributed by atoms with E-state index in [1.807, 2.05) is 109 Å². The van der Waals surface area contributed by atoms with Crippen molar-refractivity contribution in [1.29, 1.82) is 0 Å². The Kier molecular flexibility index (Phi) is 7.74. The first-order valence-electron chi connectivity index (χ1n) is 11.7. The average molecular weight is 522 g/mol. The minimum absolute atomic E-state index is 0.157. The maximum atomic E-state index is 13.4. The molecule has 0 aliphatic carbocycles. The Morgan fingerprint density at radius 2 is 1.54 bits per heavy atom. The maximum absolute atomic E-state index is 13.4. The number of nitrogens with zero attached hydrogens (tertiary/aromatic N) is 1. The van der Waals surface area contributed by atoms with Gasteiger partial charge in [0, 0.05) is 16.7 Å². The Bertz CT molecular complexity index is 1520. The van der Waals surface area contributed by atoms with Gasteiger partial charge in [-0.3, -0.25) is 9.59 Å². The van der Waals surface area contributed by atoms with Crippen molar-refractivity contribution in [3.63, 3.8) is 0 Å². The van der Waals surface area contributed by atoms with Crippen LogP contribution in [-0.4, -0.2) is 16.8 Å². The van der Waals surface area contributed by atoms with Gasteiger partial charge in [0.15, 0.2) is 5.13 Å². The number of thioether (sulfide) groups is 1. The molecule has 1 unspecified atom stereocenters. The van der Waals surface area contributed by atoms with Crippen LogP contribution in [0.1, 0.15) is 16.4 Å².